The van der Waals surface area contributed by atoms with E-state index in [1.807, 2.05) is 6.07 Å². The minimum Gasteiger partial charge on any atom is -0.490 e. The summed E-state index contributed by atoms with van der Waals surface area (Å²) in [7, 11) is 0. The second-order valence-corrected chi connectivity index (χ2v) is 3.74. The molecule has 5 heteroatoms. The van der Waals surface area contributed by atoms with Gasteiger partial charge in [0.15, 0.2) is 0 Å². The topological polar surface area (TPSA) is 72.6 Å². The van der Waals surface area contributed by atoms with Crippen LogP contribution in [0.15, 0.2) is 18.2 Å². The van der Waals surface area contributed by atoms with Crippen LogP contribution in [0.3, 0.4) is 0 Å². The number of aryl methyl sites for hydroxylation is 1. The van der Waals surface area contributed by atoms with Crippen LogP contribution in [0.2, 0.25) is 0 Å². The predicted molar refractivity (Wildman–Crippen MR) is 63.1 cm³/mol. The Bertz CT molecular complexity index is 395. The van der Waals surface area contributed by atoms with Gasteiger partial charge in [0.25, 0.3) is 0 Å². The van der Waals surface area contributed by atoms with Gasteiger partial charge in [-0.3, -0.25) is 4.79 Å². The molecule has 0 saturated carbocycles. The summed E-state index contributed by atoms with van der Waals surface area (Å²) in [6.07, 6.45) is 1.42. The van der Waals surface area contributed by atoms with Crippen molar-refractivity contribution in [2.24, 2.45) is 0 Å². The first-order valence-electron chi connectivity index (χ1n) is 4.92. The minimum absolute atomic E-state index is 0. The highest BCUT2D eigenvalue weighted by atomic mass is 35.5. The van der Waals surface area contributed by atoms with Crippen molar-refractivity contribution in [3.05, 3.63) is 23.8 Å². The van der Waals surface area contributed by atoms with Gasteiger partial charge in [0.2, 0.25) is 0 Å². The Labute approximate surface area is 99.8 Å². The number of fused-ring (bicyclic) bond motifs is 1. The molecule has 3 N–H and O–H groups in total. The molecular formula is C11H14ClNO3. The lowest BCUT2D eigenvalue weighted by atomic mass is 10.00. The Morgan fingerprint density at radius 1 is 1.56 bits per heavy atom. The van der Waals surface area contributed by atoms with E-state index in [0.717, 1.165) is 24.2 Å². The fraction of sp³-hybridized carbons (Fsp3) is 0.364. The maximum absolute atomic E-state index is 10.5. The third-order valence-electron chi connectivity index (χ3n) is 2.52. The second-order valence-electron chi connectivity index (χ2n) is 3.74. The van der Waals surface area contributed by atoms with E-state index in [4.69, 9.17) is 15.6 Å². The van der Waals surface area contributed by atoms with Crippen LogP contribution in [-0.4, -0.2) is 17.2 Å². The molecule has 1 aromatic carbocycles. The molecular weight excluding hydrogens is 230 g/mol. The van der Waals surface area contributed by atoms with Crippen LogP contribution >= 0.6 is 12.4 Å². The molecule has 0 aliphatic carbocycles. The summed E-state index contributed by atoms with van der Waals surface area (Å²) < 4.78 is 5.56. The Hall–Kier alpha value is -1.42. The summed E-state index contributed by atoms with van der Waals surface area (Å²) in [5, 5.41) is 8.66. The lowest BCUT2D eigenvalue weighted by molar-refractivity contribution is -0.139. The molecule has 1 aliphatic rings. The minimum atomic E-state index is -0.820. The molecule has 16 heavy (non-hydrogen) atoms. The highest BCUT2D eigenvalue weighted by Crippen LogP contribution is 2.30. The lowest BCUT2D eigenvalue weighted by Gasteiger charge is -2.25. The van der Waals surface area contributed by atoms with Crippen molar-refractivity contribution in [1.82, 2.24) is 0 Å². The van der Waals surface area contributed by atoms with Crippen molar-refractivity contribution in [3.8, 4) is 5.75 Å². The molecule has 88 valence electrons. The fourth-order valence-electron chi connectivity index (χ4n) is 1.80. The monoisotopic (exact) mass is 243 g/mol. The van der Waals surface area contributed by atoms with Gasteiger partial charge < -0.3 is 15.6 Å². The summed E-state index contributed by atoms with van der Waals surface area (Å²) in [5.41, 5.74) is 7.43. The van der Waals surface area contributed by atoms with Gasteiger partial charge in [-0.05, 0) is 36.6 Å². The average molecular weight is 244 g/mol. The number of hydrogen-bond acceptors (Lipinski definition) is 3. The molecule has 2 rings (SSSR count). The quantitative estimate of drug-likeness (QED) is 0.778. The molecule has 1 heterocycles. The number of benzene rings is 1. The molecule has 1 aromatic rings. The summed E-state index contributed by atoms with van der Waals surface area (Å²) in [4.78, 5) is 10.5. The molecule has 0 bridgehead atoms. The molecule has 0 fully saturated rings. The number of ether oxygens (including phenoxy) is 1. The molecule has 0 spiro atoms. The van der Waals surface area contributed by atoms with Crippen molar-refractivity contribution in [1.29, 1.82) is 0 Å². The number of carboxylic acid groups (broad SMARTS) is 1. The summed E-state index contributed by atoms with van der Waals surface area (Å²) in [6, 6.07) is 5.45. The van der Waals surface area contributed by atoms with E-state index in [1.165, 1.54) is 0 Å². The van der Waals surface area contributed by atoms with Crippen LogP contribution in [-0.2, 0) is 11.2 Å². The van der Waals surface area contributed by atoms with Gasteiger partial charge in [-0.25, -0.2) is 0 Å². The van der Waals surface area contributed by atoms with Gasteiger partial charge in [-0.1, -0.05) is 0 Å². The number of aliphatic carboxylic acids is 1. The largest absolute Gasteiger partial charge is 0.490 e. The molecule has 1 aliphatic heterocycles. The number of halogens is 1. The van der Waals surface area contributed by atoms with Crippen molar-refractivity contribution >= 4 is 24.1 Å². The second kappa shape index (κ2) is 5.07. The van der Waals surface area contributed by atoms with Gasteiger partial charge in [-0.15, -0.1) is 12.4 Å². The van der Waals surface area contributed by atoms with Crippen LogP contribution in [0.25, 0.3) is 0 Å². The normalized spacial score (nSPS) is 17.9. The average Bonchev–Trinajstić information content (AvgIpc) is 2.17. The molecule has 0 radical (unpaired) electrons. The third kappa shape index (κ3) is 2.79. The number of hydrogen-bond donors (Lipinski definition) is 2. The van der Waals surface area contributed by atoms with E-state index in [1.54, 1.807) is 12.1 Å². The van der Waals surface area contributed by atoms with Crippen molar-refractivity contribution in [2.75, 3.05) is 5.73 Å². The van der Waals surface area contributed by atoms with E-state index in [9.17, 15) is 4.79 Å². The van der Waals surface area contributed by atoms with E-state index in [0.29, 0.717) is 5.69 Å². The first-order valence-corrected chi connectivity index (χ1v) is 4.92. The maximum Gasteiger partial charge on any atom is 0.307 e. The number of anilines is 1. The highest BCUT2D eigenvalue weighted by Gasteiger charge is 2.21. The van der Waals surface area contributed by atoms with E-state index >= 15 is 0 Å². The molecule has 1 atom stereocenters. The van der Waals surface area contributed by atoms with Crippen molar-refractivity contribution in [3.63, 3.8) is 0 Å². The zero-order chi connectivity index (χ0) is 10.8. The first-order chi connectivity index (χ1) is 7.15. The number of nitrogen functional groups attached to an aromatic ring is 1. The van der Waals surface area contributed by atoms with E-state index < -0.39 is 5.97 Å². The SMILES string of the molecule is Cl.Nc1ccc2c(c1)CC[C@@H](CC(=O)O)O2. The molecule has 0 unspecified atom stereocenters. The van der Waals surface area contributed by atoms with Crippen LogP contribution in [0.5, 0.6) is 5.75 Å². The van der Waals surface area contributed by atoms with Crippen molar-refractivity contribution < 1.29 is 14.6 Å². The predicted octanol–water partition coefficient (Wildman–Crippen LogP) is 1.86. The molecule has 0 saturated heterocycles. The number of nitrogens with two attached hydrogens (primary N) is 1. The molecule has 0 amide bonds. The molecule has 4 nitrogen and oxygen atoms in total. The van der Waals surface area contributed by atoms with Crippen LogP contribution in [0.1, 0.15) is 18.4 Å². The van der Waals surface area contributed by atoms with Gasteiger partial charge in [0.1, 0.15) is 11.9 Å². The van der Waals surface area contributed by atoms with Crippen LogP contribution < -0.4 is 10.5 Å². The lowest BCUT2D eigenvalue weighted by Crippen LogP contribution is -2.25. The smallest absolute Gasteiger partial charge is 0.307 e. The zero-order valence-corrected chi connectivity index (χ0v) is 9.50. The van der Waals surface area contributed by atoms with E-state index in [2.05, 4.69) is 0 Å². The highest BCUT2D eigenvalue weighted by molar-refractivity contribution is 5.85. The van der Waals surface area contributed by atoms with Crippen LogP contribution in [0, 0.1) is 0 Å². The summed E-state index contributed by atoms with van der Waals surface area (Å²) in [6.45, 7) is 0. The number of rotatable bonds is 2. The van der Waals surface area contributed by atoms with Crippen LogP contribution in [0.4, 0.5) is 5.69 Å². The Balaban J connectivity index is 0.00000128. The first kappa shape index (κ1) is 12.6. The van der Waals surface area contributed by atoms with Gasteiger partial charge in [0.05, 0.1) is 6.42 Å². The Morgan fingerprint density at radius 2 is 2.31 bits per heavy atom. The fourth-order valence-corrected chi connectivity index (χ4v) is 1.80. The third-order valence-corrected chi connectivity index (χ3v) is 2.52. The van der Waals surface area contributed by atoms with Gasteiger partial charge >= 0.3 is 5.97 Å². The number of carbonyl (C=O) groups is 1. The summed E-state index contributed by atoms with van der Waals surface area (Å²) in [5.74, 6) is -0.0550. The van der Waals surface area contributed by atoms with Crippen molar-refractivity contribution in [2.45, 2.75) is 25.4 Å². The van der Waals surface area contributed by atoms with E-state index in [-0.39, 0.29) is 24.9 Å². The maximum atomic E-state index is 10.5. The molecule has 0 aromatic heterocycles. The standard InChI is InChI=1S/C11H13NO3.ClH/c12-8-2-4-10-7(5-8)1-3-9(15-10)6-11(13)14;/h2,4-5,9H,1,3,6,12H2,(H,13,14);1H/t9-;/m0./s1. The summed E-state index contributed by atoms with van der Waals surface area (Å²) >= 11 is 0. The Morgan fingerprint density at radius 3 is 3.00 bits per heavy atom. The zero-order valence-electron chi connectivity index (χ0n) is 8.68. The van der Waals surface area contributed by atoms with Gasteiger partial charge in [-0.2, -0.15) is 0 Å². The van der Waals surface area contributed by atoms with Gasteiger partial charge in [0, 0.05) is 5.69 Å². The Kier molecular flexibility index (Phi) is 4.01. The number of carboxylic acids is 1.